The highest BCUT2D eigenvalue weighted by Crippen LogP contribution is 2.17. The zero-order valence-corrected chi connectivity index (χ0v) is 12.0. The van der Waals surface area contributed by atoms with E-state index in [-0.39, 0.29) is 18.1 Å². The van der Waals surface area contributed by atoms with Gasteiger partial charge in [-0.05, 0) is 24.8 Å². The number of carbonyl (C=O) groups is 2. The van der Waals surface area contributed by atoms with E-state index in [0.29, 0.717) is 12.8 Å². The Bertz CT molecular complexity index is 611. The summed E-state index contributed by atoms with van der Waals surface area (Å²) in [4.78, 5) is 34.2. The molecule has 2 N–H and O–H groups in total. The van der Waals surface area contributed by atoms with Crippen LogP contribution in [0.25, 0.3) is 0 Å². The van der Waals surface area contributed by atoms with E-state index in [9.17, 15) is 14.4 Å². The van der Waals surface area contributed by atoms with Crippen molar-refractivity contribution in [2.75, 3.05) is 13.7 Å². The van der Waals surface area contributed by atoms with E-state index in [0.717, 1.165) is 17.7 Å². The molecule has 0 spiro atoms. The Hall–Kier alpha value is -2.38. The molecule has 2 rings (SSSR count). The largest absolute Gasteiger partial charge is 0.468 e. The highest BCUT2D eigenvalue weighted by atomic mass is 16.5. The van der Waals surface area contributed by atoms with Gasteiger partial charge in [0.25, 0.3) is 5.56 Å². The van der Waals surface area contributed by atoms with Crippen molar-refractivity contribution >= 4 is 12.0 Å². The van der Waals surface area contributed by atoms with Gasteiger partial charge in [-0.25, -0.2) is 9.48 Å². The molecule has 21 heavy (non-hydrogen) atoms. The van der Waals surface area contributed by atoms with Gasteiger partial charge in [-0.15, -0.1) is 0 Å². The molecule has 114 valence electrons. The number of esters is 1. The van der Waals surface area contributed by atoms with Crippen LogP contribution >= 0.6 is 0 Å². The maximum atomic E-state index is 11.7. The third-order valence-corrected chi connectivity index (χ3v) is 3.41. The average molecular weight is 294 g/mol. The van der Waals surface area contributed by atoms with Gasteiger partial charge in [0.15, 0.2) is 0 Å². The fourth-order valence-corrected chi connectivity index (χ4v) is 2.27. The fourth-order valence-electron chi connectivity index (χ4n) is 2.27. The molecular weight excluding hydrogens is 276 g/mol. The lowest BCUT2D eigenvalue weighted by atomic mass is 9.92. The second-order valence-corrected chi connectivity index (χ2v) is 4.92. The number of amides is 2. The van der Waals surface area contributed by atoms with Crippen molar-refractivity contribution in [2.24, 2.45) is 7.05 Å². The molecule has 0 aliphatic heterocycles. The number of methoxy groups -OCH3 is 1. The minimum atomic E-state index is -0.508. The smallest absolute Gasteiger partial charge is 0.325 e. The SMILES string of the molecule is COC(=O)CNC(=O)NC1CCc2nn(C)c(=O)cc2C1. The molecule has 1 aliphatic carbocycles. The highest BCUT2D eigenvalue weighted by Gasteiger charge is 2.22. The molecule has 0 saturated carbocycles. The summed E-state index contributed by atoms with van der Waals surface area (Å²) in [6.07, 6.45) is 2.00. The van der Waals surface area contributed by atoms with E-state index in [4.69, 9.17) is 0 Å². The van der Waals surface area contributed by atoms with Crippen molar-refractivity contribution < 1.29 is 14.3 Å². The first-order chi connectivity index (χ1) is 9.99. The van der Waals surface area contributed by atoms with Gasteiger partial charge in [-0.2, -0.15) is 5.10 Å². The zero-order valence-electron chi connectivity index (χ0n) is 12.0. The molecule has 0 saturated heterocycles. The fraction of sp³-hybridized carbons (Fsp3) is 0.538. The predicted octanol–water partition coefficient (Wildman–Crippen LogP) is -0.890. The Kier molecular flexibility index (Phi) is 4.56. The molecule has 0 aromatic carbocycles. The third-order valence-electron chi connectivity index (χ3n) is 3.41. The van der Waals surface area contributed by atoms with Crippen molar-refractivity contribution in [1.82, 2.24) is 20.4 Å². The number of rotatable bonds is 3. The third kappa shape index (κ3) is 3.80. The second-order valence-electron chi connectivity index (χ2n) is 4.92. The van der Waals surface area contributed by atoms with Crippen molar-refractivity contribution in [3.8, 4) is 0 Å². The van der Waals surface area contributed by atoms with Gasteiger partial charge >= 0.3 is 12.0 Å². The molecule has 1 atom stereocenters. The number of aryl methyl sites for hydroxylation is 2. The van der Waals surface area contributed by atoms with Crippen LogP contribution in [0, 0.1) is 0 Å². The van der Waals surface area contributed by atoms with Gasteiger partial charge in [0.05, 0.1) is 12.8 Å². The number of nitrogens with one attached hydrogen (secondary N) is 2. The Labute approximate surface area is 121 Å². The van der Waals surface area contributed by atoms with Gasteiger partial charge in [-0.3, -0.25) is 9.59 Å². The maximum Gasteiger partial charge on any atom is 0.325 e. The second kappa shape index (κ2) is 6.38. The van der Waals surface area contributed by atoms with Crippen LogP contribution in [0.1, 0.15) is 17.7 Å². The number of aromatic nitrogens is 2. The number of urea groups is 1. The van der Waals surface area contributed by atoms with Crippen LogP contribution in [0.5, 0.6) is 0 Å². The minimum absolute atomic E-state index is 0.0796. The Balaban J connectivity index is 1.92. The van der Waals surface area contributed by atoms with Crippen molar-refractivity contribution in [3.05, 3.63) is 27.7 Å². The molecular formula is C13H18N4O4. The lowest BCUT2D eigenvalue weighted by Crippen LogP contribution is -2.46. The molecule has 8 heteroatoms. The Morgan fingerprint density at radius 2 is 2.29 bits per heavy atom. The number of hydrogen-bond donors (Lipinski definition) is 2. The van der Waals surface area contributed by atoms with Gasteiger partial charge in [-0.1, -0.05) is 0 Å². The molecule has 8 nitrogen and oxygen atoms in total. The van der Waals surface area contributed by atoms with Gasteiger partial charge in [0.2, 0.25) is 0 Å². The Morgan fingerprint density at radius 3 is 3.00 bits per heavy atom. The van der Waals surface area contributed by atoms with E-state index in [1.54, 1.807) is 13.1 Å². The molecule has 0 bridgehead atoms. The monoisotopic (exact) mass is 294 g/mol. The summed E-state index contributed by atoms with van der Waals surface area (Å²) < 4.78 is 5.75. The quantitative estimate of drug-likeness (QED) is 0.704. The van der Waals surface area contributed by atoms with Gasteiger partial charge in [0, 0.05) is 19.2 Å². The van der Waals surface area contributed by atoms with Crippen molar-refractivity contribution in [1.29, 1.82) is 0 Å². The predicted molar refractivity (Wildman–Crippen MR) is 73.8 cm³/mol. The van der Waals surface area contributed by atoms with Gasteiger partial charge < -0.3 is 15.4 Å². The number of carbonyl (C=O) groups excluding carboxylic acids is 2. The molecule has 1 aliphatic rings. The van der Waals surface area contributed by atoms with E-state index < -0.39 is 12.0 Å². The van der Waals surface area contributed by atoms with Crippen LogP contribution in [0.4, 0.5) is 4.79 Å². The number of hydrogen-bond acceptors (Lipinski definition) is 5. The topological polar surface area (TPSA) is 102 Å². The molecule has 1 aromatic heterocycles. The summed E-state index contributed by atoms with van der Waals surface area (Å²) >= 11 is 0. The van der Waals surface area contributed by atoms with Crippen molar-refractivity contribution in [2.45, 2.75) is 25.3 Å². The number of ether oxygens (including phenoxy) is 1. The summed E-state index contributed by atoms with van der Waals surface area (Å²) in [7, 11) is 2.88. The molecule has 1 aromatic rings. The summed E-state index contributed by atoms with van der Waals surface area (Å²) in [5.74, 6) is -0.508. The lowest BCUT2D eigenvalue weighted by Gasteiger charge is -2.24. The average Bonchev–Trinajstić information content (AvgIpc) is 2.46. The van der Waals surface area contributed by atoms with Crippen molar-refractivity contribution in [3.63, 3.8) is 0 Å². The van der Waals surface area contributed by atoms with Crippen LogP contribution in [0.3, 0.4) is 0 Å². The zero-order chi connectivity index (χ0) is 15.4. The Morgan fingerprint density at radius 1 is 1.52 bits per heavy atom. The highest BCUT2D eigenvalue weighted by molar-refractivity contribution is 5.80. The summed E-state index contributed by atoms with van der Waals surface area (Å²) in [5.41, 5.74) is 1.59. The van der Waals surface area contributed by atoms with Crippen LogP contribution < -0.4 is 16.2 Å². The first-order valence-corrected chi connectivity index (χ1v) is 6.67. The van der Waals surface area contributed by atoms with Gasteiger partial charge in [0.1, 0.15) is 6.54 Å². The molecule has 0 fully saturated rings. The summed E-state index contributed by atoms with van der Waals surface area (Å²) in [5, 5.41) is 9.41. The van der Waals surface area contributed by atoms with E-state index in [2.05, 4.69) is 20.5 Å². The van der Waals surface area contributed by atoms with Crippen LogP contribution in [0.15, 0.2) is 10.9 Å². The maximum absolute atomic E-state index is 11.7. The number of nitrogens with zero attached hydrogens (tertiary/aromatic N) is 2. The van der Waals surface area contributed by atoms with E-state index in [1.807, 2.05) is 0 Å². The molecule has 2 amide bonds. The molecule has 0 radical (unpaired) electrons. The molecule has 1 heterocycles. The number of fused-ring (bicyclic) bond motifs is 1. The normalized spacial score (nSPS) is 16.8. The minimum Gasteiger partial charge on any atom is -0.468 e. The van der Waals surface area contributed by atoms with E-state index in [1.165, 1.54) is 11.8 Å². The summed E-state index contributed by atoms with van der Waals surface area (Å²) in [6.45, 7) is -0.173. The van der Waals surface area contributed by atoms with E-state index >= 15 is 0 Å². The standard InChI is InChI=1S/C13H18N4O4/c1-17-11(18)6-8-5-9(3-4-10(8)16-17)15-13(20)14-7-12(19)21-2/h6,9H,3-5,7H2,1-2H3,(H2,14,15,20). The lowest BCUT2D eigenvalue weighted by molar-refractivity contribution is -0.139. The van der Waals surface area contributed by atoms with Crippen LogP contribution in [-0.4, -0.2) is 41.5 Å². The summed E-state index contributed by atoms with van der Waals surface area (Å²) in [6, 6.07) is 1.05. The molecule has 1 unspecified atom stereocenters. The first kappa shape index (κ1) is 15.0. The van der Waals surface area contributed by atoms with Crippen LogP contribution in [0.2, 0.25) is 0 Å². The first-order valence-electron chi connectivity index (χ1n) is 6.67. The van der Waals surface area contributed by atoms with Crippen LogP contribution in [-0.2, 0) is 29.4 Å².